The van der Waals surface area contributed by atoms with Gasteiger partial charge in [0.15, 0.2) is 0 Å². The molecule has 2 atom stereocenters. The highest BCUT2D eigenvalue weighted by atomic mass is 19.1. The number of hydrogen-bond donors (Lipinski definition) is 4. The van der Waals surface area contributed by atoms with E-state index in [1.165, 1.54) is 12.3 Å². The van der Waals surface area contributed by atoms with Crippen LogP contribution in [0.1, 0.15) is 36.3 Å². The van der Waals surface area contributed by atoms with Gasteiger partial charge < -0.3 is 22.5 Å². The summed E-state index contributed by atoms with van der Waals surface area (Å²) in [7, 11) is 0. The number of rotatable bonds is 5. The summed E-state index contributed by atoms with van der Waals surface area (Å²) < 4.78 is 13.4. The van der Waals surface area contributed by atoms with Crippen LogP contribution in [0.3, 0.4) is 0 Å². The van der Waals surface area contributed by atoms with Gasteiger partial charge in [-0.3, -0.25) is 0 Å². The molecule has 1 fully saturated rings. The third kappa shape index (κ3) is 6.50. The zero-order valence-corrected chi connectivity index (χ0v) is 16.0. The number of benzene rings is 2. The second kappa shape index (κ2) is 10.8. The summed E-state index contributed by atoms with van der Waals surface area (Å²) in [4.78, 5) is 0. The van der Waals surface area contributed by atoms with Crippen LogP contribution >= 0.6 is 0 Å². The smallest absolute Gasteiger partial charge is 0.123 e. The molecule has 3 rings (SSSR count). The molecule has 0 heterocycles. The molecule has 0 aliphatic heterocycles. The van der Waals surface area contributed by atoms with E-state index in [1.807, 2.05) is 42.5 Å². The number of hydrogen-bond acceptors (Lipinski definition) is 4. The third-order valence-electron chi connectivity index (χ3n) is 4.67. The Bertz CT molecular complexity index is 814. The predicted octanol–water partition coefficient (Wildman–Crippen LogP) is 3.94. The fourth-order valence-corrected chi connectivity index (χ4v) is 3.37. The van der Waals surface area contributed by atoms with E-state index in [2.05, 4.69) is 17.6 Å². The van der Waals surface area contributed by atoms with Crippen LogP contribution in [0.15, 0.2) is 85.3 Å². The summed E-state index contributed by atoms with van der Waals surface area (Å²) in [6, 6.07) is 17.0. The molecule has 5 heteroatoms. The average Bonchev–Trinajstić information content (AvgIpc) is 3.16. The van der Waals surface area contributed by atoms with Gasteiger partial charge in [-0.25, -0.2) is 4.39 Å². The molecule has 0 amide bonds. The minimum Gasteiger partial charge on any atom is -0.405 e. The van der Waals surface area contributed by atoms with E-state index in [9.17, 15) is 4.39 Å². The Hall–Kier alpha value is -3.21. The van der Waals surface area contributed by atoms with Gasteiger partial charge in [0.05, 0.1) is 5.82 Å². The average molecular weight is 381 g/mol. The van der Waals surface area contributed by atoms with Gasteiger partial charge in [-0.2, -0.15) is 0 Å². The molecule has 1 aliphatic rings. The maximum atomic E-state index is 13.4. The van der Waals surface area contributed by atoms with Crippen LogP contribution in [0.25, 0.3) is 5.70 Å². The summed E-state index contributed by atoms with van der Waals surface area (Å²) >= 11 is 0. The molecule has 0 aromatic heterocycles. The van der Waals surface area contributed by atoms with Gasteiger partial charge in [-0.05, 0) is 66.8 Å². The van der Waals surface area contributed by atoms with Gasteiger partial charge in [0.25, 0.3) is 0 Å². The molecule has 2 aromatic carbocycles. The van der Waals surface area contributed by atoms with Crippen LogP contribution in [-0.2, 0) is 0 Å². The molecule has 1 aliphatic carbocycles. The van der Waals surface area contributed by atoms with Crippen LogP contribution in [0, 0.1) is 5.82 Å². The fourth-order valence-electron chi connectivity index (χ4n) is 3.37. The van der Waals surface area contributed by atoms with E-state index in [0.29, 0.717) is 23.5 Å². The minimum atomic E-state index is -0.171. The topological polar surface area (TPSA) is 90.1 Å². The van der Waals surface area contributed by atoms with E-state index >= 15 is 0 Å². The lowest BCUT2D eigenvalue weighted by atomic mass is 9.97. The summed E-state index contributed by atoms with van der Waals surface area (Å²) in [5.74, 6) is 0.810. The molecule has 0 radical (unpaired) electrons. The summed E-state index contributed by atoms with van der Waals surface area (Å²) in [6.45, 7) is 3.14. The van der Waals surface area contributed by atoms with Crippen LogP contribution in [0.5, 0.6) is 0 Å². The molecule has 2 unspecified atom stereocenters. The Labute approximate surface area is 166 Å². The quantitative estimate of drug-likeness (QED) is 0.592. The highest BCUT2D eigenvalue weighted by molar-refractivity contribution is 5.63. The Morgan fingerprint density at radius 3 is 2.43 bits per heavy atom. The van der Waals surface area contributed by atoms with Crippen molar-refractivity contribution >= 4 is 5.70 Å². The molecule has 0 bridgehead atoms. The molecule has 0 saturated heterocycles. The second-order valence-corrected chi connectivity index (χ2v) is 6.75. The summed E-state index contributed by atoms with van der Waals surface area (Å²) in [5, 5.41) is 3.34. The lowest BCUT2D eigenvalue weighted by molar-refractivity contribution is 0.568. The van der Waals surface area contributed by atoms with Gasteiger partial charge >= 0.3 is 0 Å². The molecule has 0 spiro atoms. The van der Waals surface area contributed by atoms with Gasteiger partial charge in [0.1, 0.15) is 5.82 Å². The first-order valence-corrected chi connectivity index (χ1v) is 9.36. The molecule has 2 aromatic rings. The van der Waals surface area contributed by atoms with Crippen molar-refractivity contribution < 1.29 is 4.39 Å². The van der Waals surface area contributed by atoms with Crippen molar-refractivity contribution in [2.24, 2.45) is 17.2 Å². The Morgan fingerprint density at radius 1 is 1.04 bits per heavy atom. The zero-order valence-electron chi connectivity index (χ0n) is 16.0. The van der Waals surface area contributed by atoms with Crippen molar-refractivity contribution in [1.82, 2.24) is 5.32 Å². The monoisotopic (exact) mass is 380 g/mol. The summed E-state index contributed by atoms with van der Waals surface area (Å²) in [5.41, 5.74) is 19.5. The molecule has 4 nitrogen and oxygen atoms in total. The maximum absolute atomic E-state index is 13.4. The Morgan fingerprint density at radius 2 is 1.75 bits per heavy atom. The molecule has 1 saturated carbocycles. The number of allylic oxidation sites excluding steroid dienone is 2. The van der Waals surface area contributed by atoms with Gasteiger partial charge in [-0.15, -0.1) is 0 Å². The van der Waals surface area contributed by atoms with Gasteiger partial charge in [0.2, 0.25) is 0 Å². The highest BCUT2D eigenvalue weighted by Crippen LogP contribution is 2.34. The SMILES string of the molecule is C=CN.N/C(=C\C=C(/N)NC1CCC(c2cccc(F)c2)C1)c1ccccc1. The second-order valence-electron chi connectivity index (χ2n) is 6.75. The standard InChI is InChI=1S/C21H24FN3.C2H5N/c22-18-8-4-7-16(13-18)17-9-10-19(14-17)25-21(24)12-11-20(23)15-5-2-1-3-6-15;1-2-3/h1-8,11-13,17,19,25H,9-10,14,23-24H2;2H,1,3H2/b20-11-,21-12+;. The van der Waals surface area contributed by atoms with Gasteiger partial charge in [0, 0.05) is 11.7 Å². The van der Waals surface area contributed by atoms with E-state index in [0.717, 1.165) is 30.4 Å². The van der Waals surface area contributed by atoms with Crippen molar-refractivity contribution in [3.8, 4) is 0 Å². The largest absolute Gasteiger partial charge is 0.405 e. The number of nitrogens with two attached hydrogens (primary N) is 3. The first-order chi connectivity index (χ1) is 13.5. The van der Waals surface area contributed by atoms with Crippen molar-refractivity contribution in [1.29, 1.82) is 0 Å². The van der Waals surface area contributed by atoms with Crippen molar-refractivity contribution in [2.45, 2.75) is 31.2 Å². The molecule has 148 valence electrons. The lowest BCUT2D eigenvalue weighted by Gasteiger charge is -2.15. The van der Waals surface area contributed by atoms with Crippen LogP contribution < -0.4 is 22.5 Å². The van der Waals surface area contributed by atoms with Crippen molar-refractivity contribution in [3.05, 3.63) is 102 Å². The van der Waals surface area contributed by atoms with E-state index < -0.39 is 0 Å². The van der Waals surface area contributed by atoms with Crippen LogP contribution in [0.2, 0.25) is 0 Å². The zero-order chi connectivity index (χ0) is 20.4. The molecular weight excluding hydrogens is 351 g/mol. The number of nitrogens with one attached hydrogen (secondary N) is 1. The predicted molar refractivity (Wildman–Crippen MR) is 115 cm³/mol. The first kappa shape index (κ1) is 21.1. The van der Waals surface area contributed by atoms with Gasteiger partial charge in [-0.1, -0.05) is 49.0 Å². The van der Waals surface area contributed by atoms with Crippen LogP contribution in [-0.4, -0.2) is 6.04 Å². The fraction of sp³-hybridized carbons (Fsp3) is 0.217. The molecular formula is C23H29FN4. The van der Waals surface area contributed by atoms with Crippen molar-refractivity contribution in [2.75, 3.05) is 0 Å². The molecule has 7 N–H and O–H groups in total. The maximum Gasteiger partial charge on any atom is 0.123 e. The first-order valence-electron chi connectivity index (χ1n) is 9.36. The van der Waals surface area contributed by atoms with E-state index in [4.69, 9.17) is 11.5 Å². The van der Waals surface area contributed by atoms with Crippen molar-refractivity contribution in [3.63, 3.8) is 0 Å². The van der Waals surface area contributed by atoms with E-state index in [-0.39, 0.29) is 5.82 Å². The normalized spacial score (nSPS) is 19.5. The minimum absolute atomic E-state index is 0.171. The summed E-state index contributed by atoms with van der Waals surface area (Å²) in [6.07, 6.45) is 7.88. The highest BCUT2D eigenvalue weighted by Gasteiger charge is 2.26. The molecule has 28 heavy (non-hydrogen) atoms. The van der Waals surface area contributed by atoms with E-state index in [1.54, 1.807) is 18.2 Å². The Kier molecular flexibility index (Phi) is 8.15. The van der Waals surface area contributed by atoms with Crippen LogP contribution in [0.4, 0.5) is 4.39 Å². The Balaban J connectivity index is 0.000000878. The lowest BCUT2D eigenvalue weighted by Crippen LogP contribution is -2.29. The number of halogens is 1. The third-order valence-corrected chi connectivity index (χ3v) is 4.67.